The van der Waals surface area contributed by atoms with E-state index < -0.39 is 0 Å². The Hall–Kier alpha value is -2.08. The average molecular weight is 347 g/mol. The fraction of sp³-hybridized carbons (Fsp3) is 0.200. The maximum absolute atomic E-state index is 11.6. The van der Waals surface area contributed by atoms with Crippen LogP contribution in [0.4, 0.5) is 16.2 Å². The molecule has 21 heavy (non-hydrogen) atoms. The van der Waals surface area contributed by atoms with Gasteiger partial charge in [-0.05, 0) is 52.3 Å². The fourth-order valence-corrected chi connectivity index (χ4v) is 2.42. The van der Waals surface area contributed by atoms with E-state index in [9.17, 15) is 4.79 Å². The first-order valence-corrected chi connectivity index (χ1v) is 7.51. The minimum absolute atomic E-state index is 0.0326. The molecule has 6 heteroatoms. The number of hydrogen-bond acceptors (Lipinski definition) is 3. The first kappa shape index (κ1) is 13.9. The van der Waals surface area contributed by atoms with E-state index in [1.807, 2.05) is 36.4 Å². The fourth-order valence-electron chi connectivity index (χ4n) is 2.18. The Bertz CT molecular complexity index is 627. The van der Waals surface area contributed by atoms with Gasteiger partial charge in [-0.3, -0.25) is 9.88 Å². The Balaban J connectivity index is 1.62. The predicted octanol–water partition coefficient (Wildman–Crippen LogP) is 2.99. The summed E-state index contributed by atoms with van der Waals surface area (Å²) in [6, 6.07) is 11.7. The molecule has 0 aliphatic carbocycles. The van der Waals surface area contributed by atoms with Crippen molar-refractivity contribution in [1.82, 2.24) is 10.3 Å². The average Bonchev–Trinajstić information content (AvgIpc) is 2.93. The van der Waals surface area contributed by atoms with Crippen molar-refractivity contribution in [3.63, 3.8) is 0 Å². The van der Waals surface area contributed by atoms with E-state index in [0.29, 0.717) is 19.6 Å². The number of amides is 2. The van der Waals surface area contributed by atoms with Crippen LogP contribution in [0.15, 0.2) is 47.1 Å². The van der Waals surface area contributed by atoms with E-state index in [0.717, 1.165) is 21.5 Å². The number of benzene rings is 1. The summed E-state index contributed by atoms with van der Waals surface area (Å²) in [7, 11) is 0. The highest BCUT2D eigenvalue weighted by molar-refractivity contribution is 9.10. The molecule has 0 bridgehead atoms. The molecule has 108 valence electrons. The molecule has 2 amide bonds. The Morgan fingerprint density at radius 1 is 1.24 bits per heavy atom. The van der Waals surface area contributed by atoms with Gasteiger partial charge in [-0.1, -0.05) is 0 Å². The van der Waals surface area contributed by atoms with E-state index >= 15 is 0 Å². The van der Waals surface area contributed by atoms with Gasteiger partial charge in [0, 0.05) is 35.1 Å². The number of pyridine rings is 1. The van der Waals surface area contributed by atoms with E-state index in [1.165, 1.54) is 0 Å². The van der Waals surface area contributed by atoms with E-state index in [-0.39, 0.29) is 6.03 Å². The molecule has 1 aliphatic heterocycles. The molecule has 1 aliphatic rings. The van der Waals surface area contributed by atoms with Crippen molar-refractivity contribution >= 4 is 33.3 Å². The van der Waals surface area contributed by atoms with Gasteiger partial charge in [0.05, 0.1) is 12.2 Å². The van der Waals surface area contributed by atoms with Crippen molar-refractivity contribution in [3.05, 3.63) is 52.8 Å². The second-order valence-corrected chi connectivity index (χ2v) is 5.67. The third-order valence-electron chi connectivity index (χ3n) is 3.30. The van der Waals surface area contributed by atoms with Crippen molar-refractivity contribution < 1.29 is 4.79 Å². The predicted molar refractivity (Wildman–Crippen MR) is 86.5 cm³/mol. The lowest BCUT2D eigenvalue weighted by Crippen LogP contribution is -2.27. The summed E-state index contributed by atoms with van der Waals surface area (Å²) in [5.74, 6) is 0. The summed E-state index contributed by atoms with van der Waals surface area (Å²) < 4.78 is 0.972. The lowest BCUT2D eigenvalue weighted by molar-refractivity contribution is 0.252. The Morgan fingerprint density at radius 3 is 2.67 bits per heavy atom. The molecule has 1 saturated heterocycles. The normalized spacial score (nSPS) is 14.1. The largest absolute Gasteiger partial charge is 0.379 e. The second-order valence-electron chi connectivity index (χ2n) is 4.75. The zero-order valence-electron chi connectivity index (χ0n) is 11.3. The maximum atomic E-state index is 11.6. The quantitative estimate of drug-likeness (QED) is 0.894. The number of aromatic nitrogens is 1. The van der Waals surface area contributed by atoms with Crippen LogP contribution in [0.5, 0.6) is 0 Å². The molecule has 2 N–H and O–H groups in total. The van der Waals surface area contributed by atoms with E-state index in [1.54, 1.807) is 11.1 Å². The molecule has 0 saturated carbocycles. The summed E-state index contributed by atoms with van der Waals surface area (Å²) in [5, 5.41) is 6.11. The van der Waals surface area contributed by atoms with Gasteiger partial charge >= 0.3 is 6.03 Å². The molecule has 0 atom stereocenters. The van der Waals surface area contributed by atoms with Gasteiger partial charge in [0.1, 0.15) is 0 Å². The molecule has 5 nitrogen and oxygen atoms in total. The summed E-state index contributed by atoms with van der Waals surface area (Å²) in [6.07, 6.45) is 1.78. The minimum Gasteiger partial charge on any atom is -0.379 e. The zero-order chi connectivity index (χ0) is 14.7. The monoisotopic (exact) mass is 346 g/mol. The number of carbonyl (C=O) groups excluding carboxylic acids is 1. The van der Waals surface area contributed by atoms with Crippen molar-refractivity contribution in [2.75, 3.05) is 23.3 Å². The van der Waals surface area contributed by atoms with Gasteiger partial charge < -0.3 is 10.6 Å². The highest BCUT2D eigenvalue weighted by Crippen LogP contribution is 2.20. The first-order chi connectivity index (χ1) is 10.2. The van der Waals surface area contributed by atoms with Gasteiger partial charge in [-0.15, -0.1) is 0 Å². The number of anilines is 2. The van der Waals surface area contributed by atoms with Crippen LogP contribution in [0.25, 0.3) is 0 Å². The number of nitrogens with zero attached hydrogens (tertiary/aromatic N) is 2. The van der Waals surface area contributed by atoms with Crippen molar-refractivity contribution in [1.29, 1.82) is 0 Å². The number of rotatable bonds is 4. The van der Waals surface area contributed by atoms with Crippen LogP contribution in [0.1, 0.15) is 5.69 Å². The highest BCUT2D eigenvalue weighted by atomic mass is 79.9. The van der Waals surface area contributed by atoms with E-state index in [2.05, 4.69) is 31.5 Å². The van der Waals surface area contributed by atoms with Gasteiger partial charge in [0.25, 0.3) is 0 Å². The Labute approximate surface area is 131 Å². The van der Waals surface area contributed by atoms with Crippen molar-refractivity contribution in [2.24, 2.45) is 0 Å². The molecule has 2 heterocycles. The van der Waals surface area contributed by atoms with Crippen LogP contribution in [-0.4, -0.2) is 24.1 Å². The van der Waals surface area contributed by atoms with Crippen LogP contribution >= 0.6 is 15.9 Å². The van der Waals surface area contributed by atoms with Crippen LogP contribution in [-0.2, 0) is 6.54 Å². The number of carbonyl (C=O) groups is 1. The second kappa shape index (κ2) is 6.13. The summed E-state index contributed by atoms with van der Waals surface area (Å²) in [6.45, 7) is 2.08. The molecule has 0 unspecified atom stereocenters. The molecule has 0 spiro atoms. The van der Waals surface area contributed by atoms with E-state index in [4.69, 9.17) is 0 Å². The third-order valence-corrected chi connectivity index (χ3v) is 3.77. The van der Waals surface area contributed by atoms with Gasteiger partial charge in [0.2, 0.25) is 0 Å². The Kier molecular flexibility index (Phi) is 4.06. The molecule has 1 aromatic heterocycles. The summed E-state index contributed by atoms with van der Waals surface area (Å²) >= 11 is 3.37. The molecular weight excluding hydrogens is 332 g/mol. The zero-order valence-corrected chi connectivity index (χ0v) is 12.9. The molecular formula is C15H15BrN4O. The SMILES string of the molecule is O=C1NCCN1c1ccc(NCc2ccc(Br)cn2)cc1. The lowest BCUT2D eigenvalue weighted by atomic mass is 10.2. The third kappa shape index (κ3) is 3.33. The minimum atomic E-state index is -0.0326. The van der Waals surface area contributed by atoms with Crippen molar-refractivity contribution in [2.45, 2.75) is 6.54 Å². The molecule has 3 rings (SSSR count). The topological polar surface area (TPSA) is 57.3 Å². The number of urea groups is 1. The summed E-state index contributed by atoms with van der Waals surface area (Å²) in [4.78, 5) is 17.6. The molecule has 1 fully saturated rings. The van der Waals surface area contributed by atoms with Crippen LogP contribution in [0, 0.1) is 0 Å². The maximum Gasteiger partial charge on any atom is 0.321 e. The van der Waals surface area contributed by atoms with Gasteiger partial charge in [-0.25, -0.2) is 4.79 Å². The first-order valence-electron chi connectivity index (χ1n) is 6.72. The van der Waals surface area contributed by atoms with Gasteiger partial charge in [0.15, 0.2) is 0 Å². The molecule has 2 aromatic rings. The summed E-state index contributed by atoms with van der Waals surface area (Å²) in [5.41, 5.74) is 2.89. The van der Waals surface area contributed by atoms with Crippen molar-refractivity contribution in [3.8, 4) is 0 Å². The number of halogens is 1. The van der Waals surface area contributed by atoms with Crippen LogP contribution < -0.4 is 15.5 Å². The van der Waals surface area contributed by atoms with Crippen LogP contribution in [0.3, 0.4) is 0 Å². The lowest BCUT2D eigenvalue weighted by Gasteiger charge is -2.15. The van der Waals surface area contributed by atoms with Gasteiger partial charge in [-0.2, -0.15) is 0 Å². The Morgan fingerprint density at radius 2 is 2.05 bits per heavy atom. The number of nitrogens with one attached hydrogen (secondary N) is 2. The number of hydrogen-bond donors (Lipinski definition) is 2. The standard InChI is InChI=1S/C15H15BrN4O/c16-11-1-2-13(18-9-11)10-19-12-3-5-14(6-4-12)20-8-7-17-15(20)21/h1-6,9,19H,7-8,10H2,(H,17,21). The molecule has 0 radical (unpaired) electrons. The van der Waals surface area contributed by atoms with Crippen LogP contribution in [0.2, 0.25) is 0 Å². The molecule has 1 aromatic carbocycles. The smallest absolute Gasteiger partial charge is 0.321 e. The highest BCUT2D eigenvalue weighted by Gasteiger charge is 2.20.